The summed E-state index contributed by atoms with van der Waals surface area (Å²) in [5, 5.41) is 6.10. The third-order valence-electron chi connectivity index (χ3n) is 4.35. The van der Waals surface area contributed by atoms with Crippen LogP contribution in [0.15, 0.2) is 0 Å². The van der Waals surface area contributed by atoms with Gasteiger partial charge in [0.05, 0.1) is 5.60 Å². The molecule has 4 nitrogen and oxygen atoms in total. The number of hydrogen-bond donors (Lipinski definition) is 2. The normalized spacial score (nSPS) is 23.8. The Balaban J connectivity index is 1.72. The van der Waals surface area contributed by atoms with Gasteiger partial charge in [-0.25, -0.2) is 4.79 Å². The zero-order valence-electron chi connectivity index (χ0n) is 11.9. The number of methoxy groups -OCH3 is 1. The second kappa shape index (κ2) is 7.39. The lowest BCUT2D eigenvalue weighted by atomic mass is 9.95. The van der Waals surface area contributed by atoms with Crippen molar-refractivity contribution in [3.8, 4) is 0 Å². The summed E-state index contributed by atoms with van der Waals surface area (Å²) >= 11 is 1.97. The Labute approximate surface area is 120 Å². The molecule has 110 valence electrons. The summed E-state index contributed by atoms with van der Waals surface area (Å²) in [6.07, 6.45) is 8.09. The smallest absolute Gasteiger partial charge is 0.315 e. The van der Waals surface area contributed by atoms with Gasteiger partial charge in [0.1, 0.15) is 0 Å². The van der Waals surface area contributed by atoms with Crippen molar-refractivity contribution in [2.24, 2.45) is 0 Å². The molecular weight excluding hydrogens is 260 g/mol. The molecule has 2 aliphatic rings. The molecule has 1 saturated heterocycles. The molecule has 1 aliphatic heterocycles. The molecule has 0 atom stereocenters. The molecule has 0 spiro atoms. The maximum absolute atomic E-state index is 11.9. The van der Waals surface area contributed by atoms with Crippen LogP contribution in [-0.2, 0) is 4.74 Å². The van der Waals surface area contributed by atoms with E-state index in [1.807, 2.05) is 11.8 Å². The number of ether oxygens (including phenoxy) is 1. The van der Waals surface area contributed by atoms with Crippen LogP contribution < -0.4 is 10.6 Å². The average Bonchev–Trinajstić information content (AvgIpc) is 2.47. The van der Waals surface area contributed by atoms with Crippen LogP contribution >= 0.6 is 11.8 Å². The van der Waals surface area contributed by atoms with Gasteiger partial charge in [0.15, 0.2) is 0 Å². The molecule has 2 rings (SSSR count). The maximum Gasteiger partial charge on any atom is 0.315 e. The number of carbonyl (C=O) groups is 1. The molecule has 1 aliphatic carbocycles. The van der Waals surface area contributed by atoms with E-state index in [4.69, 9.17) is 4.74 Å². The first-order valence-corrected chi connectivity index (χ1v) is 8.57. The Morgan fingerprint density at radius 3 is 2.58 bits per heavy atom. The fourth-order valence-corrected chi connectivity index (χ4v) is 4.16. The molecule has 0 unspecified atom stereocenters. The highest BCUT2D eigenvalue weighted by molar-refractivity contribution is 7.99. The number of thioether (sulfide) groups is 1. The van der Waals surface area contributed by atoms with Crippen molar-refractivity contribution in [1.82, 2.24) is 10.6 Å². The maximum atomic E-state index is 11.9. The van der Waals surface area contributed by atoms with Crippen LogP contribution in [0, 0.1) is 0 Å². The van der Waals surface area contributed by atoms with E-state index in [0.29, 0.717) is 12.6 Å². The van der Waals surface area contributed by atoms with Crippen LogP contribution in [0.5, 0.6) is 0 Å². The highest BCUT2D eigenvalue weighted by Crippen LogP contribution is 2.29. The summed E-state index contributed by atoms with van der Waals surface area (Å²) in [5.41, 5.74) is -0.144. The first-order chi connectivity index (χ1) is 9.24. The molecule has 1 heterocycles. The molecule has 2 N–H and O–H groups in total. The summed E-state index contributed by atoms with van der Waals surface area (Å²) in [4.78, 5) is 11.9. The predicted octanol–water partition coefficient (Wildman–Crippen LogP) is 2.53. The van der Waals surface area contributed by atoms with Crippen LogP contribution in [0.3, 0.4) is 0 Å². The highest BCUT2D eigenvalue weighted by Gasteiger charge is 2.32. The molecular formula is C14H26N2O2S. The van der Waals surface area contributed by atoms with Gasteiger partial charge in [-0.05, 0) is 37.2 Å². The van der Waals surface area contributed by atoms with Gasteiger partial charge < -0.3 is 15.4 Å². The van der Waals surface area contributed by atoms with Gasteiger partial charge in [0.2, 0.25) is 0 Å². The molecule has 19 heavy (non-hydrogen) atoms. The Morgan fingerprint density at radius 1 is 1.26 bits per heavy atom. The van der Waals surface area contributed by atoms with Gasteiger partial charge >= 0.3 is 6.03 Å². The van der Waals surface area contributed by atoms with Crippen LogP contribution in [-0.4, -0.2) is 42.8 Å². The summed E-state index contributed by atoms with van der Waals surface area (Å²) in [7, 11) is 1.76. The largest absolute Gasteiger partial charge is 0.376 e. The van der Waals surface area contributed by atoms with E-state index in [1.165, 1.54) is 19.3 Å². The zero-order chi connectivity index (χ0) is 13.6. The number of hydrogen-bond acceptors (Lipinski definition) is 3. The van der Waals surface area contributed by atoms with Gasteiger partial charge in [-0.1, -0.05) is 19.3 Å². The quantitative estimate of drug-likeness (QED) is 0.835. The Morgan fingerprint density at radius 2 is 1.95 bits per heavy atom. The van der Waals surface area contributed by atoms with Crippen molar-refractivity contribution in [2.75, 3.05) is 25.2 Å². The van der Waals surface area contributed by atoms with E-state index in [-0.39, 0.29) is 11.6 Å². The Kier molecular flexibility index (Phi) is 5.82. The van der Waals surface area contributed by atoms with E-state index >= 15 is 0 Å². The van der Waals surface area contributed by atoms with Crippen molar-refractivity contribution in [3.63, 3.8) is 0 Å². The standard InChI is InChI=1S/C14H26N2O2S/c1-18-14(7-9-19-10-8-14)11-15-13(17)16-12-5-3-2-4-6-12/h12H,2-11H2,1H3,(H2,15,16,17). The second-order valence-corrected chi connectivity index (χ2v) is 6.89. The van der Waals surface area contributed by atoms with Crippen molar-refractivity contribution < 1.29 is 9.53 Å². The van der Waals surface area contributed by atoms with Gasteiger partial charge in [-0.2, -0.15) is 11.8 Å². The number of rotatable bonds is 4. The number of urea groups is 1. The molecule has 2 amide bonds. The summed E-state index contributed by atoms with van der Waals surface area (Å²) in [6.45, 7) is 0.628. The monoisotopic (exact) mass is 286 g/mol. The molecule has 0 bridgehead atoms. The van der Waals surface area contributed by atoms with Crippen molar-refractivity contribution in [2.45, 2.75) is 56.6 Å². The van der Waals surface area contributed by atoms with Crippen LogP contribution in [0.1, 0.15) is 44.9 Å². The third-order valence-corrected chi connectivity index (χ3v) is 5.33. The van der Waals surface area contributed by atoms with Gasteiger partial charge in [0.25, 0.3) is 0 Å². The van der Waals surface area contributed by atoms with Gasteiger partial charge in [0, 0.05) is 19.7 Å². The van der Waals surface area contributed by atoms with Crippen molar-refractivity contribution in [3.05, 3.63) is 0 Å². The first kappa shape index (κ1) is 15.0. The summed E-state index contributed by atoms with van der Waals surface area (Å²) in [5.74, 6) is 2.25. The molecule has 0 aromatic rings. The topological polar surface area (TPSA) is 50.4 Å². The Bertz CT molecular complexity index is 287. The minimum atomic E-state index is -0.144. The molecule has 0 aromatic carbocycles. The highest BCUT2D eigenvalue weighted by atomic mass is 32.2. The zero-order valence-corrected chi connectivity index (χ0v) is 12.7. The van der Waals surface area contributed by atoms with E-state index in [9.17, 15) is 4.79 Å². The van der Waals surface area contributed by atoms with Gasteiger partial charge in [-0.3, -0.25) is 0 Å². The van der Waals surface area contributed by atoms with E-state index in [1.54, 1.807) is 7.11 Å². The molecule has 0 radical (unpaired) electrons. The molecule has 0 aromatic heterocycles. The molecule has 5 heteroatoms. The van der Waals surface area contributed by atoms with Crippen molar-refractivity contribution >= 4 is 17.8 Å². The van der Waals surface area contributed by atoms with Crippen LogP contribution in [0.2, 0.25) is 0 Å². The lowest BCUT2D eigenvalue weighted by Gasteiger charge is -2.36. The minimum Gasteiger partial charge on any atom is -0.376 e. The summed E-state index contributed by atoms with van der Waals surface area (Å²) in [6, 6.07) is 0.343. The third kappa shape index (κ3) is 4.56. The predicted molar refractivity (Wildman–Crippen MR) is 79.7 cm³/mol. The SMILES string of the molecule is COC1(CNC(=O)NC2CCCCC2)CCSCC1. The minimum absolute atomic E-state index is 0.0263. The van der Waals surface area contributed by atoms with E-state index in [0.717, 1.165) is 37.2 Å². The fourth-order valence-electron chi connectivity index (χ4n) is 2.92. The number of nitrogens with one attached hydrogen (secondary N) is 2. The van der Waals surface area contributed by atoms with Crippen molar-refractivity contribution in [1.29, 1.82) is 0 Å². The lowest BCUT2D eigenvalue weighted by molar-refractivity contribution is -0.0138. The first-order valence-electron chi connectivity index (χ1n) is 7.41. The summed E-state index contributed by atoms with van der Waals surface area (Å²) < 4.78 is 5.66. The molecule has 2 fully saturated rings. The van der Waals surface area contributed by atoms with E-state index < -0.39 is 0 Å². The Hall–Kier alpha value is -0.420. The number of amides is 2. The molecule has 1 saturated carbocycles. The van der Waals surface area contributed by atoms with Gasteiger partial charge in [-0.15, -0.1) is 0 Å². The van der Waals surface area contributed by atoms with Crippen LogP contribution in [0.4, 0.5) is 4.79 Å². The van der Waals surface area contributed by atoms with Crippen LogP contribution in [0.25, 0.3) is 0 Å². The fraction of sp³-hybridized carbons (Fsp3) is 0.929. The number of carbonyl (C=O) groups excluding carboxylic acids is 1. The lowest BCUT2D eigenvalue weighted by Crippen LogP contribution is -2.51. The second-order valence-electron chi connectivity index (χ2n) is 5.66. The van der Waals surface area contributed by atoms with E-state index in [2.05, 4.69) is 10.6 Å². The average molecular weight is 286 g/mol.